The van der Waals surface area contributed by atoms with Gasteiger partial charge in [-0.2, -0.15) is 0 Å². The van der Waals surface area contributed by atoms with Gasteiger partial charge in [0, 0.05) is 0 Å². The van der Waals surface area contributed by atoms with Crippen LogP contribution < -0.4 is 19.6 Å². The fourth-order valence-electron chi connectivity index (χ4n) is 4.15. The SMILES string of the molecule is CCOC(=O)C1=C(C)N=c2sc(=Cc3ccc(OCC)cc3)c(=O)n2C1c1ccc(C(C)C)cc1. The fraction of sp³-hybridized carbons (Fsp3) is 0.321. The molecule has 0 fully saturated rings. The van der Waals surface area contributed by atoms with Gasteiger partial charge in [0.05, 0.1) is 35.1 Å². The number of rotatable bonds is 7. The van der Waals surface area contributed by atoms with Gasteiger partial charge in [0.25, 0.3) is 5.56 Å². The van der Waals surface area contributed by atoms with Crippen LogP contribution in [-0.4, -0.2) is 23.8 Å². The zero-order chi connectivity index (χ0) is 25.1. The van der Waals surface area contributed by atoms with Gasteiger partial charge in [0.15, 0.2) is 4.80 Å². The molecule has 1 unspecified atom stereocenters. The van der Waals surface area contributed by atoms with Gasteiger partial charge in [0.1, 0.15) is 5.75 Å². The van der Waals surface area contributed by atoms with Crippen LogP contribution in [0.3, 0.4) is 0 Å². The van der Waals surface area contributed by atoms with E-state index in [2.05, 4.69) is 18.8 Å². The van der Waals surface area contributed by atoms with E-state index in [0.29, 0.717) is 33.1 Å². The lowest BCUT2D eigenvalue weighted by atomic mass is 9.93. The predicted molar refractivity (Wildman–Crippen MR) is 139 cm³/mol. The van der Waals surface area contributed by atoms with Crippen molar-refractivity contribution in [2.75, 3.05) is 13.2 Å². The van der Waals surface area contributed by atoms with Gasteiger partial charge >= 0.3 is 5.97 Å². The Morgan fingerprint density at radius 1 is 1.09 bits per heavy atom. The second-order valence-corrected chi connectivity index (χ2v) is 9.63. The number of benzene rings is 2. The standard InChI is InChI=1S/C28H30N2O4S/c1-6-33-22-14-8-19(9-15-22)16-23-26(31)30-25(21-12-10-20(11-13-21)17(3)4)24(27(32)34-7-2)18(5)29-28(30)35-23/h8-17,25H,6-7H2,1-5H3. The van der Waals surface area contributed by atoms with E-state index >= 15 is 0 Å². The number of nitrogens with zero attached hydrogens (tertiary/aromatic N) is 2. The number of fused-ring (bicyclic) bond motifs is 1. The van der Waals surface area contributed by atoms with E-state index in [0.717, 1.165) is 16.9 Å². The molecule has 0 saturated carbocycles. The van der Waals surface area contributed by atoms with Crippen molar-refractivity contribution in [2.45, 2.75) is 46.6 Å². The highest BCUT2D eigenvalue weighted by molar-refractivity contribution is 7.07. The average Bonchev–Trinajstić information content (AvgIpc) is 3.14. The lowest BCUT2D eigenvalue weighted by Crippen LogP contribution is -2.39. The Labute approximate surface area is 208 Å². The molecule has 4 rings (SSSR count). The highest BCUT2D eigenvalue weighted by atomic mass is 32.1. The van der Waals surface area contributed by atoms with Crippen molar-refractivity contribution in [3.05, 3.63) is 96.2 Å². The zero-order valence-electron chi connectivity index (χ0n) is 20.7. The number of carbonyl (C=O) groups is 1. The molecule has 0 amide bonds. The van der Waals surface area contributed by atoms with E-state index in [1.54, 1.807) is 18.4 Å². The monoisotopic (exact) mass is 490 g/mol. The van der Waals surface area contributed by atoms with Crippen LogP contribution in [0.1, 0.15) is 63.3 Å². The molecule has 0 radical (unpaired) electrons. The van der Waals surface area contributed by atoms with Crippen LogP contribution >= 0.6 is 11.3 Å². The Morgan fingerprint density at radius 3 is 2.37 bits per heavy atom. The number of aromatic nitrogens is 1. The van der Waals surface area contributed by atoms with Gasteiger partial charge in [0.2, 0.25) is 0 Å². The summed E-state index contributed by atoms with van der Waals surface area (Å²) in [5.74, 6) is 0.708. The summed E-state index contributed by atoms with van der Waals surface area (Å²) in [5, 5.41) is 0. The van der Waals surface area contributed by atoms with E-state index in [-0.39, 0.29) is 12.2 Å². The van der Waals surface area contributed by atoms with E-state index < -0.39 is 12.0 Å². The molecule has 1 aliphatic rings. The lowest BCUT2D eigenvalue weighted by molar-refractivity contribution is -0.139. The summed E-state index contributed by atoms with van der Waals surface area (Å²) in [6.45, 7) is 10.6. The molecule has 182 valence electrons. The minimum absolute atomic E-state index is 0.185. The first kappa shape index (κ1) is 24.7. The van der Waals surface area contributed by atoms with Crippen LogP contribution in [0.15, 0.2) is 69.6 Å². The number of esters is 1. The van der Waals surface area contributed by atoms with Crippen LogP contribution in [0.4, 0.5) is 0 Å². The molecule has 3 aromatic rings. The number of allylic oxidation sites excluding steroid dienone is 1. The molecular weight excluding hydrogens is 460 g/mol. The van der Waals surface area contributed by atoms with Crippen LogP contribution in [0, 0.1) is 0 Å². The normalized spacial score (nSPS) is 15.7. The smallest absolute Gasteiger partial charge is 0.338 e. The van der Waals surface area contributed by atoms with Crippen molar-refractivity contribution in [3.8, 4) is 5.75 Å². The number of carbonyl (C=O) groups excluding carboxylic acids is 1. The second-order valence-electron chi connectivity index (χ2n) is 8.63. The molecule has 6 nitrogen and oxygen atoms in total. The maximum absolute atomic E-state index is 13.7. The Hall–Kier alpha value is -3.45. The van der Waals surface area contributed by atoms with Gasteiger partial charge in [-0.1, -0.05) is 61.6 Å². The Bertz CT molecular complexity index is 1430. The largest absolute Gasteiger partial charge is 0.494 e. The molecule has 2 aromatic carbocycles. The number of hydrogen-bond donors (Lipinski definition) is 0. The van der Waals surface area contributed by atoms with Crippen molar-refractivity contribution in [1.82, 2.24) is 4.57 Å². The third kappa shape index (κ3) is 5.00. The maximum Gasteiger partial charge on any atom is 0.338 e. The molecule has 7 heteroatoms. The zero-order valence-corrected chi connectivity index (χ0v) is 21.5. The number of ether oxygens (including phenoxy) is 2. The molecule has 2 heterocycles. The van der Waals surface area contributed by atoms with E-state index in [1.165, 1.54) is 16.9 Å². The van der Waals surface area contributed by atoms with Gasteiger partial charge in [-0.05, 0) is 61.6 Å². The minimum atomic E-state index is -0.603. The summed E-state index contributed by atoms with van der Waals surface area (Å²) in [4.78, 5) is 31.9. The summed E-state index contributed by atoms with van der Waals surface area (Å²) in [7, 11) is 0. The summed E-state index contributed by atoms with van der Waals surface area (Å²) in [5.41, 5.74) is 3.70. The number of hydrogen-bond acceptors (Lipinski definition) is 6. The highest BCUT2D eigenvalue weighted by Gasteiger charge is 2.33. The van der Waals surface area contributed by atoms with Crippen LogP contribution in [0.25, 0.3) is 6.08 Å². The van der Waals surface area contributed by atoms with E-state index in [9.17, 15) is 9.59 Å². The minimum Gasteiger partial charge on any atom is -0.494 e. The lowest BCUT2D eigenvalue weighted by Gasteiger charge is -2.25. The van der Waals surface area contributed by atoms with E-state index in [1.807, 2.05) is 61.5 Å². The third-order valence-corrected chi connectivity index (χ3v) is 6.91. The Kier molecular flexibility index (Phi) is 7.36. The van der Waals surface area contributed by atoms with Crippen LogP contribution in [-0.2, 0) is 9.53 Å². The first-order valence-electron chi connectivity index (χ1n) is 11.9. The molecule has 0 N–H and O–H groups in total. The number of thiazole rings is 1. The second kappa shape index (κ2) is 10.4. The molecule has 0 spiro atoms. The molecule has 0 aliphatic carbocycles. The van der Waals surface area contributed by atoms with Gasteiger partial charge in [-0.15, -0.1) is 0 Å². The van der Waals surface area contributed by atoms with E-state index in [4.69, 9.17) is 9.47 Å². The Morgan fingerprint density at radius 2 is 1.77 bits per heavy atom. The van der Waals surface area contributed by atoms with Crippen molar-refractivity contribution < 1.29 is 14.3 Å². The molecule has 35 heavy (non-hydrogen) atoms. The first-order chi connectivity index (χ1) is 16.8. The fourth-order valence-corrected chi connectivity index (χ4v) is 5.20. The van der Waals surface area contributed by atoms with Crippen molar-refractivity contribution in [1.29, 1.82) is 0 Å². The summed E-state index contributed by atoms with van der Waals surface area (Å²) < 4.78 is 13.0. The molecule has 1 atom stereocenters. The van der Waals surface area contributed by atoms with Gasteiger partial charge in [-0.25, -0.2) is 9.79 Å². The maximum atomic E-state index is 13.7. The highest BCUT2D eigenvalue weighted by Crippen LogP contribution is 2.31. The van der Waals surface area contributed by atoms with Crippen molar-refractivity contribution in [2.24, 2.45) is 4.99 Å². The topological polar surface area (TPSA) is 69.9 Å². The molecular formula is C28H30N2O4S. The first-order valence-corrected chi connectivity index (χ1v) is 12.7. The van der Waals surface area contributed by atoms with Crippen molar-refractivity contribution in [3.63, 3.8) is 0 Å². The summed E-state index contributed by atoms with van der Waals surface area (Å²) in [6.07, 6.45) is 1.85. The third-order valence-electron chi connectivity index (χ3n) is 5.92. The predicted octanol–water partition coefficient (Wildman–Crippen LogP) is 4.32. The summed E-state index contributed by atoms with van der Waals surface area (Å²) >= 11 is 1.32. The van der Waals surface area contributed by atoms with Gasteiger partial charge < -0.3 is 9.47 Å². The Balaban J connectivity index is 1.87. The average molecular weight is 491 g/mol. The van der Waals surface area contributed by atoms with Crippen molar-refractivity contribution >= 4 is 23.4 Å². The van der Waals surface area contributed by atoms with Crippen LogP contribution in [0.2, 0.25) is 0 Å². The molecule has 0 bridgehead atoms. The molecule has 0 saturated heterocycles. The summed E-state index contributed by atoms with van der Waals surface area (Å²) in [6, 6.07) is 15.1. The van der Waals surface area contributed by atoms with Gasteiger partial charge in [-0.3, -0.25) is 9.36 Å². The molecule has 1 aliphatic heterocycles. The molecule has 1 aromatic heterocycles. The van der Waals surface area contributed by atoms with Crippen LogP contribution in [0.5, 0.6) is 5.75 Å². The quantitative estimate of drug-likeness (QED) is 0.463.